The van der Waals surface area contributed by atoms with Crippen molar-refractivity contribution in [1.82, 2.24) is 4.57 Å². The molecule has 1 atom stereocenters. The van der Waals surface area contributed by atoms with E-state index in [1.807, 2.05) is 18.3 Å². The summed E-state index contributed by atoms with van der Waals surface area (Å²) < 4.78 is 2.11. The topological polar surface area (TPSA) is 22.0 Å². The highest BCUT2D eigenvalue weighted by atomic mass is 16.1. The predicted molar refractivity (Wildman–Crippen MR) is 74.2 cm³/mol. The quantitative estimate of drug-likeness (QED) is 0.797. The van der Waals surface area contributed by atoms with E-state index in [9.17, 15) is 4.79 Å². The number of hydrogen-bond acceptors (Lipinski definition) is 1. The van der Waals surface area contributed by atoms with Crippen molar-refractivity contribution in [3.05, 3.63) is 43.1 Å². The number of carbonyl (C=O) groups is 1. The lowest BCUT2D eigenvalue weighted by Gasteiger charge is -2.13. The van der Waals surface area contributed by atoms with E-state index in [1.165, 1.54) is 10.9 Å². The number of nitrogens with zero attached hydrogens (tertiary/aromatic N) is 1. The number of carbonyl (C=O) groups excluding carboxylic acids is 1. The molecule has 0 aliphatic heterocycles. The van der Waals surface area contributed by atoms with Crippen LogP contribution in [-0.2, 0) is 4.79 Å². The summed E-state index contributed by atoms with van der Waals surface area (Å²) in [5.74, 6) is 0.603. The molecule has 1 heterocycles. The van der Waals surface area contributed by atoms with Crippen molar-refractivity contribution in [2.75, 3.05) is 0 Å². The second-order valence-corrected chi connectivity index (χ2v) is 5.07. The van der Waals surface area contributed by atoms with E-state index in [0.717, 1.165) is 31.4 Å². The van der Waals surface area contributed by atoms with Crippen LogP contribution >= 0.6 is 0 Å². The Morgan fingerprint density at radius 3 is 2.94 bits per heavy atom. The van der Waals surface area contributed by atoms with Crippen molar-refractivity contribution in [2.45, 2.75) is 25.7 Å². The van der Waals surface area contributed by atoms with Crippen molar-refractivity contribution in [3.63, 3.8) is 0 Å². The minimum Gasteiger partial charge on any atom is -0.321 e. The van der Waals surface area contributed by atoms with Gasteiger partial charge in [0.1, 0.15) is 5.78 Å². The van der Waals surface area contributed by atoms with Gasteiger partial charge in [0.25, 0.3) is 0 Å². The van der Waals surface area contributed by atoms with Crippen molar-refractivity contribution in [1.29, 1.82) is 0 Å². The SMILES string of the molecule is C=C(CC1CCCC1=O)n1ccc2ccccc21. The third-order valence-corrected chi connectivity index (χ3v) is 3.85. The van der Waals surface area contributed by atoms with Crippen LogP contribution in [0.3, 0.4) is 0 Å². The van der Waals surface area contributed by atoms with Gasteiger partial charge < -0.3 is 4.57 Å². The highest BCUT2D eigenvalue weighted by molar-refractivity contribution is 5.86. The number of aromatic nitrogens is 1. The second kappa shape index (κ2) is 4.45. The zero-order valence-electron chi connectivity index (χ0n) is 10.4. The summed E-state index contributed by atoms with van der Waals surface area (Å²) in [6, 6.07) is 10.4. The van der Waals surface area contributed by atoms with Gasteiger partial charge in [0.2, 0.25) is 0 Å². The van der Waals surface area contributed by atoms with Gasteiger partial charge >= 0.3 is 0 Å². The molecule has 0 saturated heterocycles. The van der Waals surface area contributed by atoms with Crippen LogP contribution in [0.2, 0.25) is 0 Å². The lowest BCUT2D eigenvalue weighted by Crippen LogP contribution is -2.08. The van der Waals surface area contributed by atoms with E-state index in [2.05, 4.69) is 29.3 Å². The van der Waals surface area contributed by atoms with Gasteiger partial charge in [-0.15, -0.1) is 0 Å². The number of benzene rings is 1. The Kier molecular flexibility index (Phi) is 2.78. The third kappa shape index (κ3) is 1.88. The molecule has 1 aromatic carbocycles. The van der Waals surface area contributed by atoms with Crippen molar-refractivity contribution in [2.24, 2.45) is 5.92 Å². The number of fused-ring (bicyclic) bond motifs is 1. The number of para-hydroxylation sites is 1. The summed E-state index contributed by atoms with van der Waals surface area (Å²) in [6.45, 7) is 4.16. The van der Waals surface area contributed by atoms with Gasteiger partial charge in [-0.25, -0.2) is 0 Å². The average Bonchev–Trinajstić information content (AvgIpc) is 2.96. The van der Waals surface area contributed by atoms with Crippen molar-refractivity contribution < 1.29 is 4.79 Å². The average molecular weight is 239 g/mol. The summed E-state index contributed by atoms with van der Waals surface area (Å²) >= 11 is 0. The van der Waals surface area contributed by atoms with Gasteiger partial charge in [0.15, 0.2) is 0 Å². The first-order valence-electron chi connectivity index (χ1n) is 6.52. The van der Waals surface area contributed by atoms with E-state index in [-0.39, 0.29) is 5.92 Å². The molecule has 0 bridgehead atoms. The van der Waals surface area contributed by atoms with Crippen molar-refractivity contribution >= 4 is 22.4 Å². The van der Waals surface area contributed by atoms with Gasteiger partial charge in [0.05, 0.1) is 5.52 Å². The van der Waals surface area contributed by atoms with Crippen LogP contribution in [0.15, 0.2) is 43.1 Å². The summed E-state index contributed by atoms with van der Waals surface area (Å²) in [7, 11) is 0. The molecule has 18 heavy (non-hydrogen) atoms. The van der Waals surface area contributed by atoms with E-state index >= 15 is 0 Å². The maximum atomic E-state index is 11.7. The molecule has 1 unspecified atom stereocenters. The molecule has 1 fully saturated rings. The molecular formula is C16H17NO. The summed E-state index contributed by atoms with van der Waals surface area (Å²) in [5.41, 5.74) is 2.20. The van der Waals surface area contributed by atoms with E-state index in [1.54, 1.807) is 0 Å². The number of Topliss-reactive ketones (excluding diaryl/α,β-unsaturated/α-hetero) is 1. The fraction of sp³-hybridized carbons (Fsp3) is 0.312. The molecule has 2 nitrogen and oxygen atoms in total. The zero-order chi connectivity index (χ0) is 12.5. The largest absolute Gasteiger partial charge is 0.321 e. The molecule has 2 aromatic rings. The predicted octanol–water partition coefficient (Wildman–Crippen LogP) is 3.87. The number of rotatable bonds is 3. The fourth-order valence-electron chi connectivity index (χ4n) is 2.85. The Bertz CT molecular complexity index is 608. The van der Waals surface area contributed by atoms with Gasteiger partial charge in [-0.3, -0.25) is 4.79 Å². The molecule has 0 amide bonds. The molecule has 1 aliphatic rings. The third-order valence-electron chi connectivity index (χ3n) is 3.85. The monoisotopic (exact) mass is 239 g/mol. The van der Waals surface area contributed by atoms with Gasteiger partial charge in [0, 0.05) is 24.2 Å². The Morgan fingerprint density at radius 2 is 2.17 bits per heavy atom. The molecule has 92 valence electrons. The van der Waals surface area contributed by atoms with E-state index in [0.29, 0.717) is 5.78 Å². The lowest BCUT2D eigenvalue weighted by molar-refractivity contribution is -0.120. The summed E-state index contributed by atoms with van der Waals surface area (Å²) in [5, 5.41) is 1.22. The van der Waals surface area contributed by atoms with Crippen LogP contribution in [0.5, 0.6) is 0 Å². The lowest BCUT2D eigenvalue weighted by atomic mass is 10.0. The fourth-order valence-corrected chi connectivity index (χ4v) is 2.85. The maximum Gasteiger partial charge on any atom is 0.136 e. The van der Waals surface area contributed by atoms with Crippen molar-refractivity contribution in [3.8, 4) is 0 Å². The number of hydrogen-bond donors (Lipinski definition) is 0. The molecular weight excluding hydrogens is 222 g/mol. The van der Waals surface area contributed by atoms with Gasteiger partial charge in [-0.1, -0.05) is 24.8 Å². The molecule has 0 spiro atoms. The molecule has 3 rings (SSSR count). The van der Waals surface area contributed by atoms with E-state index < -0.39 is 0 Å². The van der Waals surface area contributed by atoms with Gasteiger partial charge in [-0.2, -0.15) is 0 Å². The van der Waals surface area contributed by atoms with Crippen LogP contribution in [0.25, 0.3) is 16.6 Å². The minimum absolute atomic E-state index is 0.193. The minimum atomic E-state index is 0.193. The zero-order valence-corrected chi connectivity index (χ0v) is 10.4. The molecule has 1 aliphatic carbocycles. The standard InChI is InChI=1S/C16H17NO/c1-12(11-14-6-4-8-16(14)18)17-10-9-13-5-2-3-7-15(13)17/h2-3,5,7,9-10,14H,1,4,6,8,11H2. The van der Waals surface area contributed by atoms with Crippen LogP contribution in [0, 0.1) is 5.92 Å². The maximum absolute atomic E-state index is 11.7. The van der Waals surface area contributed by atoms with Gasteiger partial charge in [-0.05, 0) is 36.8 Å². The van der Waals surface area contributed by atoms with Crippen LogP contribution < -0.4 is 0 Å². The van der Waals surface area contributed by atoms with E-state index in [4.69, 9.17) is 0 Å². The first-order chi connectivity index (χ1) is 8.75. The number of ketones is 1. The molecule has 1 aromatic heterocycles. The summed E-state index contributed by atoms with van der Waals surface area (Å²) in [6.07, 6.45) is 5.66. The first kappa shape index (κ1) is 11.3. The van der Waals surface area contributed by atoms with Crippen LogP contribution in [-0.4, -0.2) is 10.4 Å². The van der Waals surface area contributed by atoms with Crippen LogP contribution in [0.4, 0.5) is 0 Å². The smallest absolute Gasteiger partial charge is 0.136 e. The molecule has 1 saturated carbocycles. The molecule has 2 heteroatoms. The Morgan fingerprint density at radius 1 is 1.33 bits per heavy atom. The molecule has 0 N–H and O–H groups in total. The highest BCUT2D eigenvalue weighted by Crippen LogP contribution is 2.30. The number of allylic oxidation sites excluding steroid dienone is 1. The summed E-state index contributed by atoms with van der Waals surface area (Å²) in [4.78, 5) is 11.7. The Balaban J connectivity index is 1.86. The first-order valence-corrected chi connectivity index (χ1v) is 6.52. The second-order valence-electron chi connectivity index (χ2n) is 5.07. The Hall–Kier alpha value is -1.83. The normalized spacial score (nSPS) is 19.6. The highest BCUT2D eigenvalue weighted by Gasteiger charge is 2.25. The van der Waals surface area contributed by atoms with Crippen LogP contribution in [0.1, 0.15) is 25.7 Å². The molecule has 0 radical (unpaired) electrons. The Labute approximate surface area is 107 Å².